The van der Waals surface area contributed by atoms with Gasteiger partial charge in [0.25, 0.3) is 5.91 Å². The summed E-state index contributed by atoms with van der Waals surface area (Å²) in [6, 6.07) is 11.9. The smallest absolute Gasteiger partial charge is 0.416 e. The van der Waals surface area contributed by atoms with Crippen LogP contribution in [0.2, 0.25) is 0 Å². The number of methoxy groups -OCH3 is 1. The van der Waals surface area contributed by atoms with Crippen molar-refractivity contribution in [2.45, 2.75) is 25.1 Å². The number of halogens is 3. The molecule has 0 N–H and O–H groups in total. The number of alkyl halides is 3. The second kappa shape index (κ2) is 6.78. The van der Waals surface area contributed by atoms with Gasteiger partial charge in [-0.2, -0.15) is 13.2 Å². The molecule has 132 valence electrons. The Morgan fingerprint density at radius 2 is 1.88 bits per heavy atom. The molecule has 1 fully saturated rings. The van der Waals surface area contributed by atoms with Gasteiger partial charge >= 0.3 is 6.18 Å². The van der Waals surface area contributed by atoms with Gasteiger partial charge in [0.1, 0.15) is 5.75 Å². The van der Waals surface area contributed by atoms with Gasteiger partial charge in [0.2, 0.25) is 0 Å². The molecule has 25 heavy (non-hydrogen) atoms. The number of hydrogen-bond donors (Lipinski definition) is 0. The monoisotopic (exact) mass is 349 g/mol. The SMILES string of the molecule is COc1ccc([C@H]2CCCN2C(=O)c2cccc(C(F)(F)F)c2)cc1. The Labute approximate surface area is 144 Å². The summed E-state index contributed by atoms with van der Waals surface area (Å²) in [4.78, 5) is 14.4. The van der Waals surface area contributed by atoms with E-state index >= 15 is 0 Å². The Morgan fingerprint density at radius 1 is 1.16 bits per heavy atom. The molecule has 2 aromatic rings. The number of carbonyl (C=O) groups excluding carboxylic acids is 1. The van der Waals surface area contributed by atoms with Crippen molar-refractivity contribution in [1.29, 1.82) is 0 Å². The first-order valence-electron chi connectivity index (χ1n) is 8.02. The molecule has 1 atom stereocenters. The highest BCUT2D eigenvalue weighted by Gasteiger charge is 2.34. The average Bonchev–Trinajstić information content (AvgIpc) is 3.10. The van der Waals surface area contributed by atoms with Crippen molar-refractivity contribution in [2.24, 2.45) is 0 Å². The van der Waals surface area contributed by atoms with Gasteiger partial charge in [0, 0.05) is 12.1 Å². The van der Waals surface area contributed by atoms with E-state index in [9.17, 15) is 18.0 Å². The van der Waals surface area contributed by atoms with Crippen LogP contribution in [0.4, 0.5) is 13.2 Å². The molecule has 2 aromatic carbocycles. The van der Waals surface area contributed by atoms with Gasteiger partial charge in [0.15, 0.2) is 0 Å². The molecule has 0 aromatic heterocycles. The van der Waals surface area contributed by atoms with Crippen LogP contribution in [0.25, 0.3) is 0 Å². The van der Waals surface area contributed by atoms with Gasteiger partial charge in [-0.15, -0.1) is 0 Å². The van der Waals surface area contributed by atoms with Crippen molar-refractivity contribution in [1.82, 2.24) is 4.90 Å². The van der Waals surface area contributed by atoms with Crippen LogP contribution in [-0.2, 0) is 6.18 Å². The Bertz CT molecular complexity index is 756. The minimum absolute atomic E-state index is 0.0650. The summed E-state index contributed by atoms with van der Waals surface area (Å²) >= 11 is 0. The fourth-order valence-electron chi connectivity index (χ4n) is 3.18. The Morgan fingerprint density at radius 3 is 2.52 bits per heavy atom. The normalized spacial score (nSPS) is 17.6. The largest absolute Gasteiger partial charge is 0.497 e. The lowest BCUT2D eigenvalue weighted by Crippen LogP contribution is -2.30. The van der Waals surface area contributed by atoms with Gasteiger partial charge in [-0.05, 0) is 48.7 Å². The molecule has 0 unspecified atom stereocenters. The average molecular weight is 349 g/mol. The zero-order valence-corrected chi connectivity index (χ0v) is 13.7. The molecule has 3 nitrogen and oxygen atoms in total. The van der Waals surface area contributed by atoms with Gasteiger partial charge in [-0.25, -0.2) is 0 Å². The third kappa shape index (κ3) is 3.62. The predicted octanol–water partition coefficient (Wildman–Crippen LogP) is 4.69. The lowest BCUT2D eigenvalue weighted by atomic mass is 10.0. The van der Waals surface area contributed by atoms with Crippen molar-refractivity contribution in [3.05, 3.63) is 65.2 Å². The van der Waals surface area contributed by atoms with Gasteiger partial charge in [-0.3, -0.25) is 4.79 Å². The molecular formula is C19H18F3NO2. The van der Waals surface area contributed by atoms with E-state index < -0.39 is 11.7 Å². The lowest BCUT2D eigenvalue weighted by molar-refractivity contribution is -0.137. The van der Waals surface area contributed by atoms with Crippen molar-refractivity contribution in [2.75, 3.05) is 13.7 Å². The van der Waals surface area contributed by atoms with Crippen LogP contribution < -0.4 is 4.74 Å². The molecule has 1 aliphatic rings. The minimum atomic E-state index is -4.46. The quantitative estimate of drug-likeness (QED) is 0.804. The summed E-state index contributed by atoms with van der Waals surface area (Å²) < 4.78 is 43.8. The molecule has 0 saturated carbocycles. The summed E-state index contributed by atoms with van der Waals surface area (Å²) in [5.41, 5.74) is 0.215. The molecule has 1 saturated heterocycles. The lowest BCUT2D eigenvalue weighted by Gasteiger charge is -2.25. The topological polar surface area (TPSA) is 29.5 Å². The molecule has 0 radical (unpaired) electrons. The Kier molecular flexibility index (Phi) is 4.70. The van der Waals surface area contributed by atoms with Crippen LogP contribution in [0.3, 0.4) is 0 Å². The fourth-order valence-corrected chi connectivity index (χ4v) is 3.18. The summed E-state index contributed by atoms with van der Waals surface area (Å²) in [5, 5.41) is 0. The fraction of sp³-hybridized carbons (Fsp3) is 0.316. The summed E-state index contributed by atoms with van der Waals surface area (Å²) in [6.45, 7) is 0.534. The maximum Gasteiger partial charge on any atom is 0.416 e. The number of carbonyl (C=O) groups is 1. The Balaban J connectivity index is 1.85. The molecule has 0 bridgehead atoms. The van der Waals surface area contributed by atoms with Crippen molar-refractivity contribution < 1.29 is 22.7 Å². The van der Waals surface area contributed by atoms with E-state index in [2.05, 4.69) is 0 Å². The summed E-state index contributed by atoms with van der Waals surface area (Å²) in [7, 11) is 1.58. The van der Waals surface area contributed by atoms with Gasteiger partial charge in [0.05, 0.1) is 18.7 Å². The summed E-state index contributed by atoms with van der Waals surface area (Å²) in [5.74, 6) is 0.349. The standard InChI is InChI=1S/C19H18F3NO2/c1-25-16-9-7-13(8-10-16)17-6-3-11-23(17)18(24)14-4-2-5-15(12-14)19(20,21)22/h2,4-5,7-10,12,17H,3,6,11H2,1H3/t17-/m1/s1. The van der Waals surface area contributed by atoms with Crippen LogP contribution in [-0.4, -0.2) is 24.5 Å². The molecule has 0 spiro atoms. The minimum Gasteiger partial charge on any atom is -0.497 e. The van der Waals surface area contributed by atoms with E-state index in [0.29, 0.717) is 6.54 Å². The number of amides is 1. The van der Waals surface area contributed by atoms with E-state index in [4.69, 9.17) is 4.74 Å². The molecule has 1 heterocycles. The number of ether oxygens (including phenoxy) is 1. The highest BCUT2D eigenvalue weighted by molar-refractivity contribution is 5.95. The first-order chi connectivity index (χ1) is 11.9. The van der Waals surface area contributed by atoms with E-state index in [1.807, 2.05) is 24.3 Å². The molecular weight excluding hydrogens is 331 g/mol. The van der Waals surface area contributed by atoms with E-state index in [0.717, 1.165) is 36.3 Å². The van der Waals surface area contributed by atoms with Crippen LogP contribution in [0, 0.1) is 0 Å². The molecule has 0 aliphatic carbocycles. The molecule has 1 aliphatic heterocycles. The number of nitrogens with zero attached hydrogens (tertiary/aromatic N) is 1. The van der Waals surface area contributed by atoms with E-state index in [-0.39, 0.29) is 17.5 Å². The third-order valence-electron chi connectivity index (χ3n) is 4.45. The number of hydrogen-bond acceptors (Lipinski definition) is 2. The van der Waals surface area contributed by atoms with Crippen LogP contribution >= 0.6 is 0 Å². The maximum atomic E-state index is 12.9. The Hall–Kier alpha value is -2.50. The summed E-state index contributed by atoms with van der Waals surface area (Å²) in [6.07, 6.45) is -2.85. The zero-order chi connectivity index (χ0) is 18.0. The van der Waals surface area contributed by atoms with E-state index in [1.165, 1.54) is 12.1 Å². The predicted molar refractivity (Wildman–Crippen MR) is 87.4 cm³/mol. The third-order valence-corrected chi connectivity index (χ3v) is 4.45. The molecule has 3 rings (SSSR count). The maximum absolute atomic E-state index is 12.9. The first-order valence-corrected chi connectivity index (χ1v) is 8.02. The second-order valence-electron chi connectivity index (χ2n) is 6.01. The molecule has 6 heteroatoms. The number of likely N-dealkylation sites (tertiary alicyclic amines) is 1. The zero-order valence-electron chi connectivity index (χ0n) is 13.7. The van der Waals surface area contributed by atoms with Crippen LogP contribution in [0.15, 0.2) is 48.5 Å². The molecule has 1 amide bonds. The van der Waals surface area contributed by atoms with Gasteiger partial charge < -0.3 is 9.64 Å². The van der Waals surface area contributed by atoms with E-state index in [1.54, 1.807) is 12.0 Å². The van der Waals surface area contributed by atoms with Crippen LogP contribution in [0.5, 0.6) is 5.75 Å². The van der Waals surface area contributed by atoms with Crippen molar-refractivity contribution in [3.63, 3.8) is 0 Å². The van der Waals surface area contributed by atoms with Crippen LogP contribution in [0.1, 0.15) is 40.4 Å². The second-order valence-corrected chi connectivity index (χ2v) is 6.01. The highest BCUT2D eigenvalue weighted by atomic mass is 19.4. The number of rotatable bonds is 3. The van der Waals surface area contributed by atoms with Crippen molar-refractivity contribution in [3.8, 4) is 5.75 Å². The number of benzene rings is 2. The van der Waals surface area contributed by atoms with Gasteiger partial charge in [-0.1, -0.05) is 18.2 Å². The highest BCUT2D eigenvalue weighted by Crippen LogP contribution is 2.35. The van der Waals surface area contributed by atoms with Crippen molar-refractivity contribution >= 4 is 5.91 Å². The first kappa shape index (κ1) is 17.3.